The summed E-state index contributed by atoms with van der Waals surface area (Å²) in [5.74, 6) is -0.770. The van der Waals surface area contributed by atoms with E-state index in [4.69, 9.17) is 0 Å². The molecule has 116 valence electrons. The summed E-state index contributed by atoms with van der Waals surface area (Å²) in [7, 11) is 2.05. The summed E-state index contributed by atoms with van der Waals surface area (Å²) >= 11 is 0. The highest BCUT2D eigenvalue weighted by atomic mass is 16.6. The summed E-state index contributed by atoms with van der Waals surface area (Å²) in [5, 5.41) is 10.8. The van der Waals surface area contributed by atoms with E-state index in [0.29, 0.717) is 11.2 Å². The lowest BCUT2D eigenvalue weighted by atomic mass is 10.1. The van der Waals surface area contributed by atoms with E-state index in [9.17, 15) is 19.7 Å². The Bertz CT molecular complexity index is 665. The third kappa shape index (κ3) is 2.37. The molecular formula is C15H18N3O4+. The van der Waals surface area contributed by atoms with E-state index in [0.717, 1.165) is 25.9 Å². The molecule has 7 nitrogen and oxygen atoms in total. The van der Waals surface area contributed by atoms with Crippen LogP contribution in [0.2, 0.25) is 0 Å². The molecule has 0 N–H and O–H groups in total. The normalized spacial score (nSPS) is 20.1. The summed E-state index contributed by atoms with van der Waals surface area (Å²) < 4.78 is 0.660. The van der Waals surface area contributed by atoms with Gasteiger partial charge in [-0.3, -0.25) is 19.7 Å². The van der Waals surface area contributed by atoms with Gasteiger partial charge in [-0.25, -0.2) is 4.90 Å². The SMILES string of the molecule is C[N+]1(CN2C(=O)c3ccc([N+](=O)[O-])cc3C2=O)CCCCC1. The fraction of sp³-hybridized carbons (Fsp3) is 0.467. The van der Waals surface area contributed by atoms with Gasteiger partial charge < -0.3 is 4.48 Å². The minimum atomic E-state index is -0.556. The zero-order valence-electron chi connectivity index (χ0n) is 12.4. The molecule has 2 aliphatic heterocycles. The number of nitrogens with zero attached hydrogens (tertiary/aromatic N) is 3. The molecular weight excluding hydrogens is 286 g/mol. The van der Waals surface area contributed by atoms with Crippen LogP contribution in [0.3, 0.4) is 0 Å². The van der Waals surface area contributed by atoms with Gasteiger partial charge in [0.1, 0.15) is 0 Å². The average Bonchev–Trinajstić information content (AvgIpc) is 2.72. The van der Waals surface area contributed by atoms with Gasteiger partial charge in [0.25, 0.3) is 17.5 Å². The number of rotatable bonds is 3. The Labute approximate surface area is 127 Å². The van der Waals surface area contributed by atoms with Gasteiger partial charge in [-0.2, -0.15) is 0 Å². The van der Waals surface area contributed by atoms with Crippen LogP contribution in [-0.4, -0.2) is 52.9 Å². The van der Waals surface area contributed by atoms with E-state index in [-0.39, 0.29) is 22.7 Å². The van der Waals surface area contributed by atoms with Gasteiger partial charge in [0.15, 0.2) is 6.67 Å². The van der Waals surface area contributed by atoms with Crippen molar-refractivity contribution in [2.45, 2.75) is 19.3 Å². The number of piperidine rings is 1. The molecule has 1 aromatic carbocycles. The number of non-ortho nitro benzene ring substituents is 1. The molecule has 1 saturated heterocycles. The summed E-state index contributed by atoms with van der Waals surface area (Å²) in [6.07, 6.45) is 3.36. The van der Waals surface area contributed by atoms with Crippen molar-refractivity contribution in [1.82, 2.24) is 4.90 Å². The van der Waals surface area contributed by atoms with Gasteiger partial charge >= 0.3 is 0 Å². The molecule has 1 fully saturated rings. The lowest BCUT2D eigenvalue weighted by molar-refractivity contribution is -0.920. The zero-order valence-corrected chi connectivity index (χ0v) is 12.4. The Hall–Kier alpha value is -2.28. The number of fused-ring (bicyclic) bond motifs is 1. The van der Waals surface area contributed by atoms with Crippen LogP contribution >= 0.6 is 0 Å². The van der Waals surface area contributed by atoms with Crippen LogP contribution in [0, 0.1) is 10.1 Å². The molecule has 2 amide bonds. The van der Waals surface area contributed by atoms with Crippen LogP contribution in [-0.2, 0) is 0 Å². The Balaban J connectivity index is 1.88. The van der Waals surface area contributed by atoms with Gasteiger partial charge in [-0.05, 0) is 25.3 Å². The molecule has 1 aromatic rings. The largest absolute Gasteiger partial charge is 0.308 e. The van der Waals surface area contributed by atoms with E-state index < -0.39 is 10.8 Å². The van der Waals surface area contributed by atoms with Gasteiger partial charge in [0.05, 0.1) is 36.2 Å². The number of carbonyl (C=O) groups excluding carboxylic acids is 2. The van der Waals surface area contributed by atoms with E-state index in [1.807, 2.05) is 7.05 Å². The fourth-order valence-electron chi connectivity index (χ4n) is 3.28. The smallest absolute Gasteiger partial charge is 0.270 e. The predicted molar refractivity (Wildman–Crippen MR) is 78.2 cm³/mol. The first-order chi connectivity index (χ1) is 10.4. The van der Waals surface area contributed by atoms with Crippen molar-refractivity contribution in [2.75, 3.05) is 26.8 Å². The molecule has 0 radical (unpaired) electrons. The molecule has 22 heavy (non-hydrogen) atoms. The number of nitro groups is 1. The molecule has 0 unspecified atom stereocenters. The Morgan fingerprint density at radius 2 is 1.77 bits per heavy atom. The number of hydrogen-bond donors (Lipinski definition) is 0. The Morgan fingerprint density at radius 1 is 1.14 bits per heavy atom. The maximum Gasteiger partial charge on any atom is 0.270 e. The zero-order chi connectivity index (χ0) is 15.9. The second-order valence-corrected chi connectivity index (χ2v) is 6.29. The van der Waals surface area contributed by atoms with Crippen molar-refractivity contribution in [2.24, 2.45) is 0 Å². The number of quaternary nitrogens is 1. The fourth-order valence-corrected chi connectivity index (χ4v) is 3.28. The van der Waals surface area contributed by atoms with Gasteiger partial charge in [-0.15, -0.1) is 0 Å². The van der Waals surface area contributed by atoms with Crippen LogP contribution in [0.15, 0.2) is 18.2 Å². The maximum absolute atomic E-state index is 12.5. The van der Waals surface area contributed by atoms with E-state index >= 15 is 0 Å². The first-order valence-corrected chi connectivity index (χ1v) is 7.39. The highest BCUT2D eigenvalue weighted by Crippen LogP contribution is 2.28. The molecule has 3 rings (SSSR count). The van der Waals surface area contributed by atoms with E-state index in [2.05, 4.69) is 0 Å². The average molecular weight is 304 g/mol. The highest BCUT2D eigenvalue weighted by molar-refractivity contribution is 6.21. The molecule has 0 aromatic heterocycles. The van der Waals surface area contributed by atoms with Crippen LogP contribution in [0.5, 0.6) is 0 Å². The Morgan fingerprint density at radius 3 is 2.41 bits per heavy atom. The summed E-state index contributed by atoms with van der Waals surface area (Å²) in [6.45, 7) is 2.21. The van der Waals surface area contributed by atoms with Crippen LogP contribution < -0.4 is 0 Å². The first kappa shape index (κ1) is 14.6. The van der Waals surface area contributed by atoms with Crippen molar-refractivity contribution < 1.29 is 19.0 Å². The molecule has 0 spiro atoms. The lowest BCUT2D eigenvalue weighted by Crippen LogP contribution is -2.55. The maximum atomic E-state index is 12.5. The number of carbonyl (C=O) groups is 2. The van der Waals surface area contributed by atoms with Crippen LogP contribution in [0.25, 0.3) is 0 Å². The van der Waals surface area contributed by atoms with Crippen LogP contribution in [0.4, 0.5) is 5.69 Å². The number of imide groups is 1. The number of amides is 2. The number of hydrogen-bond acceptors (Lipinski definition) is 4. The first-order valence-electron chi connectivity index (χ1n) is 7.39. The lowest BCUT2D eigenvalue weighted by Gasteiger charge is -2.39. The van der Waals surface area contributed by atoms with E-state index in [1.165, 1.54) is 29.5 Å². The molecule has 7 heteroatoms. The van der Waals surface area contributed by atoms with Crippen molar-refractivity contribution in [3.05, 3.63) is 39.4 Å². The van der Waals surface area contributed by atoms with Gasteiger partial charge in [0.2, 0.25) is 0 Å². The highest BCUT2D eigenvalue weighted by Gasteiger charge is 2.41. The van der Waals surface area contributed by atoms with Gasteiger partial charge in [0, 0.05) is 12.1 Å². The third-order valence-electron chi connectivity index (χ3n) is 4.54. The molecule has 0 atom stereocenters. The number of nitro benzene ring substituents is 1. The van der Waals surface area contributed by atoms with Crippen molar-refractivity contribution in [1.29, 1.82) is 0 Å². The summed E-state index contributed by atoms with van der Waals surface area (Å²) in [5.41, 5.74) is 0.238. The molecule has 0 bridgehead atoms. The third-order valence-corrected chi connectivity index (χ3v) is 4.54. The van der Waals surface area contributed by atoms with E-state index in [1.54, 1.807) is 0 Å². The number of benzene rings is 1. The molecule has 0 saturated carbocycles. The monoisotopic (exact) mass is 304 g/mol. The van der Waals surface area contributed by atoms with Crippen molar-refractivity contribution in [3.8, 4) is 0 Å². The predicted octanol–water partition coefficient (Wildman–Crippen LogP) is 1.78. The molecule has 0 aliphatic carbocycles. The quantitative estimate of drug-likeness (QED) is 0.369. The number of likely N-dealkylation sites (tertiary alicyclic amines) is 1. The molecule has 2 aliphatic rings. The standard InChI is InChI=1S/C15H18N3O4/c1-18(7-3-2-4-8-18)10-16-14(19)12-6-5-11(17(21)22)9-13(12)15(16)20/h5-6,9H,2-4,7-8,10H2,1H3/q+1. The second kappa shape index (κ2) is 5.17. The summed E-state index contributed by atoms with van der Waals surface area (Å²) in [4.78, 5) is 36.4. The van der Waals surface area contributed by atoms with Gasteiger partial charge in [-0.1, -0.05) is 0 Å². The second-order valence-electron chi connectivity index (χ2n) is 6.29. The summed E-state index contributed by atoms with van der Waals surface area (Å²) in [6, 6.07) is 3.85. The minimum absolute atomic E-state index is 0.141. The minimum Gasteiger partial charge on any atom is -0.308 e. The Kier molecular flexibility index (Phi) is 3.44. The van der Waals surface area contributed by atoms with Crippen molar-refractivity contribution in [3.63, 3.8) is 0 Å². The van der Waals surface area contributed by atoms with Crippen molar-refractivity contribution >= 4 is 17.5 Å². The topological polar surface area (TPSA) is 80.5 Å². The van der Waals surface area contributed by atoms with Crippen LogP contribution in [0.1, 0.15) is 40.0 Å². The molecule has 2 heterocycles.